The van der Waals surface area contributed by atoms with Gasteiger partial charge in [0.1, 0.15) is 6.10 Å². The summed E-state index contributed by atoms with van der Waals surface area (Å²) in [7, 11) is -3.95. The molecule has 1 atom stereocenters. The number of rotatable bonds is 4. The van der Waals surface area contributed by atoms with Crippen LogP contribution in [0, 0.1) is 12.8 Å². The van der Waals surface area contributed by atoms with Crippen LogP contribution in [0.15, 0.2) is 17.0 Å². The molecule has 0 amide bonds. The first-order chi connectivity index (χ1) is 9.04. The monoisotopic (exact) mass is 319 g/mol. The quantitative estimate of drug-likeness (QED) is 0.864. The van der Waals surface area contributed by atoms with Crippen molar-refractivity contribution in [2.24, 2.45) is 11.1 Å². The standard InChI is InChI=1S/C13H18ClNO4S/c1-7(2)9(4)19-13(16)11-5-10(14)6-12(8(11)3)20(15,17)18/h5-7,9H,1-4H3,(H2,15,17,18). The van der Waals surface area contributed by atoms with E-state index in [1.165, 1.54) is 19.1 Å². The number of carbonyl (C=O) groups is 1. The molecule has 0 spiro atoms. The second-order valence-electron chi connectivity index (χ2n) is 4.98. The zero-order valence-electron chi connectivity index (χ0n) is 11.8. The Labute approximate surface area is 124 Å². The Kier molecular flexibility index (Phi) is 5.18. The Bertz CT molecular complexity index is 626. The summed E-state index contributed by atoms with van der Waals surface area (Å²) < 4.78 is 28.2. The summed E-state index contributed by atoms with van der Waals surface area (Å²) in [4.78, 5) is 11.9. The van der Waals surface area contributed by atoms with Crippen LogP contribution in [0.25, 0.3) is 0 Å². The number of esters is 1. The molecule has 0 aromatic heterocycles. The molecule has 1 aromatic carbocycles. The minimum atomic E-state index is -3.95. The SMILES string of the molecule is Cc1c(C(=O)OC(C)C(C)C)cc(Cl)cc1S(N)(=O)=O. The van der Waals surface area contributed by atoms with E-state index in [0.29, 0.717) is 0 Å². The summed E-state index contributed by atoms with van der Waals surface area (Å²) in [5.41, 5.74) is 0.340. The molecular weight excluding hydrogens is 302 g/mol. The summed E-state index contributed by atoms with van der Waals surface area (Å²) in [6.45, 7) is 7.09. The van der Waals surface area contributed by atoms with Crippen molar-refractivity contribution in [1.29, 1.82) is 0 Å². The zero-order chi connectivity index (χ0) is 15.7. The van der Waals surface area contributed by atoms with Crippen LogP contribution < -0.4 is 5.14 Å². The van der Waals surface area contributed by atoms with E-state index in [0.717, 1.165) is 0 Å². The minimum absolute atomic E-state index is 0.106. The van der Waals surface area contributed by atoms with Gasteiger partial charge in [-0.1, -0.05) is 25.4 Å². The van der Waals surface area contributed by atoms with Gasteiger partial charge in [0, 0.05) is 5.02 Å². The van der Waals surface area contributed by atoms with Crippen LogP contribution in [-0.2, 0) is 14.8 Å². The summed E-state index contributed by atoms with van der Waals surface area (Å²) in [5, 5.41) is 5.22. The van der Waals surface area contributed by atoms with Crippen molar-refractivity contribution >= 4 is 27.6 Å². The van der Waals surface area contributed by atoms with Gasteiger partial charge in [-0.15, -0.1) is 0 Å². The van der Waals surface area contributed by atoms with Gasteiger partial charge >= 0.3 is 5.97 Å². The first kappa shape index (κ1) is 16.9. The van der Waals surface area contributed by atoms with Crippen LogP contribution in [0.1, 0.15) is 36.7 Å². The van der Waals surface area contributed by atoms with E-state index in [4.69, 9.17) is 21.5 Å². The molecule has 0 aliphatic carbocycles. The number of hydrogen-bond acceptors (Lipinski definition) is 4. The van der Waals surface area contributed by atoms with E-state index >= 15 is 0 Å². The smallest absolute Gasteiger partial charge is 0.338 e. The molecule has 0 aliphatic rings. The summed E-state index contributed by atoms with van der Waals surface area (Å²) in [5.74, 6) is -0.466. The van der Waals surface area contributed by atoms with Gasteiger partial charge in [-0.25, -0.2) is 18.4 Å². The van der Waals surface area contributed by atoms with Crippen molar-refractivity contribution in [1.82, 2.24) is 0 Å². The molecule has 0 aliphatic heterocycles. The van der Waals surface area contributed by atoms with Crippen molar-refractivity contribution in [3.05, 3.63) is 28.3 Å². The lowest BCUT2D eigenvalue weighted by Crippen LogP contribution is -2.22. The molecule has 0 saturated carbocycles. The van der Waals surface area contributed by atoms with Crippen LogP contribution in [0.2, 0.25) is 5.02 Å². The number of primary sulfonamides is 1. The molecule has 112 valence electrons. The van der Waals surface area contributed by atoms with E-state index in [2.05, 4.69) is 0 Å². The molecular formula is C13H18ClNO4S. The van der Waals surface area contributed by atoms with E-state index in [9.17, 15) is 13.2 Å². The maximum absolute atomic E-state index is 12.1. The van der Waals surface area contributed by atoms with Crippen molar-refractivity contribution in [2.45, 2.75) is 38.7 Å². The maximum Gasteiger partial charge on any atom is 0.338 e. The predicted octanol–water partition coefficient (Wildman–Crippen LogP) is 2.50. The van der Waals surface area contributed by atoms with E-state index in [1.807, 2.05) is 13.8 Å². The highest BCUT2D eigenvalue weighted by Gasteiger charge is 2.22. The Balaban J connectivity index is 3.26. The van der Waals surface area contributed by atoms with Gasteiger partial charge in [0.25, 0.3) is 0 Å². The molecule has 1 rings (SSSR count). The van der Waals surface area contributed by atoms with Gasteiger partial charge in [-0.3, -0.25) is 0 Å². The fraction of sp³-hybridized carbons (Fsp3) is 0.462. The van der Waals surface area contributed by atoms with Gasteiger partial charge in [0.2, 0.25) is 10.0 Å². The number of sulfonamides is 1. The number of nitrogens with two attached hydrogens (primary N) is 1. The first-order valence-corrected chi connectivity index (χ1v) is 8.00. The highest BCUT2D eigenvalue weighted by atomic mass is 35.5. The van der Waals surface area contributed by atoms with Crippen molar-refractivity contribution in [3.8, 4) is 0 Å². The fourth-order valence-electron chi connectivity index (χ4n) is 1.53. The minimum Gasteiger partial charge on any atom is -0.459 e. The number of benzene rings is 1. The molecule has 1 aromatic rings. The highest BCUT2D eigenvalue weighted by Crippen LogP contribution is 2.25. The second kappa shape index (κ2) is 6.11. The molecule has 0 fully saturated rings. The lowest BCUT2D eigenvalue weighted by Gasteiger charge is -2.18. The average Bonchev–Trinajstić information content (AvgIpc) is 2.29. The number of carbonyl (C=O) groups excluding carboxylic acids is 1. The van der Waals surface area contributed by atoms with Crippen LogP contribution >= 0.6 is 11.6 Å². The third kappa shape index (κ3) is 3.94. The number of ether oxygens (including phenoxy) is 1. The molecule has 0 radical (unpaired) electrons. The van der Waals surface area contributed by atoms with Crippen LogP contribution in [-0.4, -0.2) is 20.5 Å². The maximum atomic E-state index is 12.1. The topological polar surface area (TPSA) is 86.5 Å². The zero-order valence-corrected chi connectivity index (χ0v) is 13.4. The molecule has 5 nitrogen and oxygen atoms in total. The molecule has 1 unspecified atom stereocenters. The van der Waals surface area contributed by atoms with E-state index in [-0.39, 0.29) is 33.1 Å². The Morgan fingerprint density at radius 2 is 1.85 bits per heavy atom. The molecule has 7 heteroatoms. The van der Waals surface area contributed by atoms with Crippen molar-refractivity contribution < 1.29 is 17.9 Å². The summed E-state index contributed by atoms with van der Waals surface area (Å²) in [6.07, 6.45) is -0.293. The van der Waals surface area contributed by atoms with Crippen molar-refractivity contribution in [2.75, 3.05) is 0 Å². The lowest BCUT2D eigenvalue weighted by molar-refractivity contribution is 0.0237. The molecule has 20 heavy (non-hydrogen) atoms. The molecule has 2 N–H and O–H groups in total. The third-order valence-corrected chi connectivity index (χ3v) is 4.34. The average molecular weight is 320 g/mol. The summed E-state index contributed by atoms with van der Waals surface area (Å²) in [6, 6.07) is 2.59. The Hall–Kier alpha value is -1.11. The van der Waals surface area contributed by atoms with Crippen molar-refractivity contribution in [3.63, 3.8) is 0 Å². The van der Waals surface area contributed by atoms with Crippen LogP contribution in [0.3, 0.4) is 0 Å². The fourth-order valence-corrected chi connectivity index (χ4v) is 2.64. The summed E-state index contributed by atoms with van der Waals surface area (Å²) >= 11 is 5.84. The third-order valence-electron chi connectivity index (χ3n) is 3.08. The predicted molar refractivity (Wildman–Crippen MR) is 77.3 cm³/mol. The van der Waals surface area contributed by atoms with Crippen LogP contribution in [0.4, 0.5) is 0 Å². The number of hydrogen-bond donors (Lipinski definition) is 1. The van der Waals surface area contributed by atoms with E-state index < -0.39 is 16.0 Å². The first-order valence-electron chi connectivity index (χ1n) is 6.08. The van der Waals surface area contributed by atoms with Gasteiger partial charge in [-0.05, 0) is 37.5 Å². The Morgan fingerprint density at radius 3 is 2.30 bits per heavy atom. The highest BCUT2D eigenvalue weighted by molar-refractivity contribution is 7.89. The van der Waals surface area contributed by atoms with Gasteiger partial charge < -0.3 is 4.74 Å². The normalized spacial score (nSPS) is 13.3. The molecule has 0 heterocycles. The largest absolute Gasteiger partial charge is 0.459 e. The van der Waals surface area contributed by atoms with Crippen LogP contribution in [0.5, 0.6) is 0 Å². The Morgan fingerprint density at radius 1 is 1.30 bits per heavy atom. The molecule has 0 saturated heterocycles. The van der Waals surface area contributed by atoms with Gasteiger partial charge in [0.15, 0.2) is 0 Å². The lowest BCUT2D eigenvalue weighted by atomic mass is 10.1. The van der Waals surface area contributed by atoms with Gasteiger partial charge in [-0.2, -0.15) is 0 Å². The van der Waals surface area contributed by atoms with Gasteiger partial charge in [0.05, 0.1) is 10.5 Å². The number of halogens is 1. The molecule has 0 bridgehead atoms. The second-order valence-corrected chi connectivity index (χ2v) is 6.94. The van der Waals surface area contributed by atoms with E-state index in [1.54, 1.807) is 6.92 Å².